The maximum atomic E-state index is 11.9. The van der Waals surface area contributed by atoms with Gasteiger partial charge in [-0.2, -0.15) is 0 Å². The summed E-state index contributed by atoms with van der Waals surface area (Å²) in [6, 6.07) is 4.84. The minimum atomic E-state index is -3.34. The van der Waals surface area contributed by atoms with Gasteiger partial charge < -0.3 is 0 Å². The van der Waals surface area contributed by atoms with Crippen LogP contribution in [0.1, 0.15) is 32.8 Å². The maximum absolute atomic E-state index is 11.9. The van der Waals surface area contributed by atoms with Gasteiger partial charge in [0.1, 0.15) is 0 Å². The minimum Gasteiger partial charge on any atom is -0.215 e. The van der Waals surface area contributed by atoms with Crippen LogP contribution in [0.2, 0.25) is 10.0 Å². The number of hydrogen-bond acceptors (Lipinski definition) is 2. The van der Waals surface area contributed by atoms with Gasteiger partial charge in [-0.3, -0.25) is 0 Å². The maximum Gasteiger partial charge on any atom is 0.215 e. The highest BCUT2D eigenvalue weighted by Crippen LogP contribution is 2.23. The van der Waals surface area contributed by atoms with Crippen LogP contribution < -0.4 is 4.72 Å². The molecule has 6 heteroatoms. The van der Waals surface area contributed by atoms with E-state index in [4.69, 9.17) is 23.2 Å². The van der Waals surface area contributed by atoms with Crippen molar-refractivity contribution in [2.24, 2.45) is 5.41 Å². The summed E-state index contributed by atoms with van der Waals surface area (Å²) in [6.45, 7) is 6.65. The number of benzene rings is 1. The number of halogens is 2. The van der Waals surface area contributed by atoms with Crippen LogP contribution in [0.25, 0.3) is 0 Å². The molecular formula is C13H19Cl2NO2S. The van der Waals surface area contributed by atoms with Crippen molar-refractivity contribution in [2.45, 2.75) is 32.9 Å². The molecule has 0 fully saturated rings. The zero-order chi connectivity index (χ0) is 14.7. The molecule has 0 saturated carbocycles. The van der Waals surface area contributed by atoms with Crippen LogP contribution in [-0.4, -0.2) is 15.0 Å². The largest absolute Gasteiger partial charge is 0.215 e. The monoisotopic (exact) mass is 323 g/mol. The van der Waals surface area contributed by atoms with Crippen molar-refractivity contribution < 1.29 is 8.42 Å². The molecule has 108 valence electrons. The van der Waals surface area contributed by atoms with Gasteiger partial charge >= 0.3 is 0 Å². The second-order valence-electron chi connectivity index (χ2n) is 5.71. The smallest absolute Gasteiger partial charge is 0.215 e. The molecule has 19 heavy (non-hydrogen) atoms. The van der Waals surface area contributed by atoms with Crippen LogP contribution >= 0.6 is 23.2 Å². The molecule has 0 radical (unpaired) electrons. The van der Waals surface area contributed by atoms with Gasteiger partial charge in [-0.25, -0.2) is 13.1 Å². The first-order valence-corrected chi connectivity index (χ1v) is 8.41. The standard InChI is InChI=1S/C13H19Cl2NO2S/c1-13(2,3)6-7-16-19(17,18)9-10-4-5-11(14)12(15)8-10/h4-5,8,16H,6-7,9H2,1-3H3. The van der Waals surface area contributed by atoms with Gasteiger partial charge in [0.25, 0.3) is 0 Å². The molecule has 0 aliphatic carbocycles. The molecule has 0 bridgehead atoms. The van der Waals surface area contributed by atoms with Gasteiger partial charge in [0.05, 0.1) is 15.8 Å². The molecular weight excluding hydrogens is 305 g/mol. The van der Waals surface area contributed by atoms with E-state index in [1.165, 1.54) is 0 Å². The second-order valence-corrected chi connectivity index (χ2v) is 8.33. The fraction of sp³-hybridized carbons (Fsp3) is 0.538. The normalized spacial score (nSPS) is 12.7. The van der Waals surface area contributed by atoms with Crippen LogP contribution in [0.5, 0.6) is 0 Å². The van der Waals surface area contributed by atoms with E-state index < -0.39 is 10.0 Å². The lowest BCUT2D eigenvalue weighted by atomic mass is 9.93. The Balaban J connectivity index is 2.61. The lowest BCUT2D eigenvalue weighted by molar-refractivity contribution is 0.378. The molecule has 1 aromatic carbocycles. The number of sulfonamides is 1. The predicted molar refractivity (Wildman–Crippen MR) is 81.2 cm³/mol. The third-order valence-corrected chi connectivity index (χ3v) is 4.63. The fourth-order valence-electron chi connectivity index (χ4n) is 1.48. The number of rotatable bonds is 5. The molecule has 0 heterocycles. The third-order valence-electron chi connectivity index (χ3n) is 2.54. The Bertz CT molecular complexity index is 536. The summed E-state index contributed by atoms with van der Waals surface area (Å²) in [4.78, 5) is 0. The third kappa shape index (κ3) is 6.61. The summed E-state index contributed by atoms with van der Waals surface area (Å²) in [5.41, 5.74) is 0.726. The number of hydrogen-bond donors (Lipinski definition) is 1. The van der Waals surface area contributed by atoms with E-state index in [0.29, 0.717) is 22.2 Å². The molecule has 0 aliphatic rings. The molecule has 0 unspecified atom stereocenters. The minimum absolute atomic E-state index is 0.0893. The Morgan fingerprint density at radius 3 is 2.32 bits per heavy atom. The average Bonchev–Trinajstić information content (AvgIpc) is 2.20. The summed E-state index contributed by atoms with van der Waals surface area (Å²) >= 11 is 11.6. The highest BCUT2D eigenvalue weighted by molar-refractivity contribution is 7.88. The van der Waals surface area contributed by atoms with Crippen molar-refractivity contribution in [3.8, 4) is 0 Å². The molecule has 0 atom stereocenters. The van der Waals surface area contributed by atoms with Crippen LogP contribution in [0, 0.1) is 5.41 Å². The van der Waals surface area contributed by atoms with E-state index in [1.54, 1.807) is 18.2 Å². The first-order valence-electron chi connectivity index (χ1n) is 6.00. The van der Waals surface area contributed by atoms with Crippen LogP contribution in [0.3, 0.4) is 0 Å². The Kier molecular flexibility index (Phi) is 5.68. The Morgan fingerprint density at radius 1 is 1.16 bits per heavy atom. The zero-order valence-electron chi connectivity index (χ0n) is 11.3. The van der Waals surface area contributed by atoms with E-state index in [-0.39, 0.29) is 11.2 Å². The summed E-state index contributed by atoms with van der Waals surface area (Å²) in [6.07, 6.45) is 0.785. The summed E-state index contributed by atoms with van der Waals surface area (Å²) in [7, 11) is -3.34. The fourth-order valence-corrected chi connectivity index (χ4v) is 2.94. The van der Waals surface area contributed by atoms with E-state index in [2.05, 4.69) is 25.5 Å². The molecule has 0 aromatic heterocycles. The van der Waals surface area contributed by atoms with E-state index in [9.17, 15) is 8.42 Å². The summed E-state index contributed by atoms with van der Waals surface area (Å²) in [5.74, 6) is -0.0893. The second kappa shape index (κ2) is 6.44. The molecule has 1 N–H and O–H groups in total. The van der Waals surface area contributed by atoms with E-state index in [0.717, 1.165) is 6.42 Å². The molecule has 0 spiro atoms. The molecule has 0 amide bonds. The van der Waals surface area contributed by atoms with E-state index in [1.807, 2.05) is 0 Å². The molecule has 0 saturated heterocycles. The SMILES string of the molecule is CC(C)(C)CCNS(=O)(=O)Cc1ccc(Cl)c(Cl)c1. The van der Waals surface area contributed by atoms with Crippen molar-refractivity contribution in [2.75, 3.05) is 6.54 Å². The molecule has 1 rings (SSSR count). The van der Waals surface area contributed by atoms with Crippen molar-refractivity contribution in [1.29, 1.82) is 0 Å². The van der Waals surface area contributed by atoms with E-state index >= 15 is 0 Å². The van der Waals surface area contributed by atoms with Crippen LogP contribution in [-0.2, 0) is 15.8 Å². The Hall–Kier alpha value is -0.290. The first-order chi connectivity index (χ1) is 8.59. The van der Waals surface area contributed by atoms with Gasteiger partial charge in [0.2, 0.25) is 10.0 Å². The number of nitrogens with one attached hydrogen (secondary N) is 1. The van der Waals surface area contributed by atoms with Crippen molar-refractivity contribution in [3.63, 3.8) is 0 Å². The van der Waals surface area contributed by atoms with Gasteiger partial charge in [-0.1, -0.05) is 50.0 Å². The van der Waals surface area contributed by atoms with Crippen molar-refractivity contribution in [1.82, 2.24) is 4.72 Å². The molecule has 0 aliphatic heterocycles. The van der Waals surface area contributed by atoms with Gasteiger partial charge in [0.15, 0.2) is 0 Å². The van der Waals surface area contributed by atoms with Crippen LogP contribution in [0.4, 0.5) is 0 Å². The highest BCUT2D eigenvalue weighted by Gasteiger charge is 2.15. The summed E-state index contributed by atoms with van der Waals surface area (Å²) < 4.78 is 26.4. The van der Waals surface area contributed by atoms with Crippen molar-refractivity contribution in [3.05, 3.63) is 33.8 Å². The lowest BCUT2D eigenvalue weighted by Crippen LogP contribution is -2.28. The molecule has 1 aromatic rings. The van der Waals surface area contributed by atoms with Gasteiger partial charge in [-0.05, 0) is 29.5 Å². The van der Waals surface area contributed by atoms with Gasteiger partial charge in [-0.15, -0.1) is 0 Å². The zero-order valence-corrected chi connectivity index (χ0v) is 13.7. The Labute approximate surface area is 125 Å². The Morgan fingerprint density at radius 2 is 1.79 bits per heavy atom. The lowest BCUT2D eigenvalue weighted by Gasteiger charge is -2.18. The predicted octanol–water partition coefficient (Wildman–Crippen LogP) is 3.85. The van der Waals surface area contributed by atoms with Gasteiger partial charge in [0, 0.05) is 6.54 Å². The van der Waals surface area contributed by atoms with Crippen LogP contribution in [0.15, 0.2) is 18.2 Å². The van der Waals surface area contributed by atoms with Crippen molar-refractivity contribution >= 4 is 33.2 Å². The molecule has 3 nitrogen and oxygen atoms in total. The topological polar surface area (TPSA) is 46.2 Å². The quantitative estimate of drug-likeness (QED) is 0.894. The summed E-state index contributed by atoms with van der Waals surface area (Å²) in [5, 5.41) is 0.785. The first kappa shape index (κ1) is 16.8. The highest BCUT2D eigenvalue weighted by atomic mass is 35.5. The average molecular weight is 324 g/mol.